The molecule has 0 N–H and O–H groups in total. The largest absolute Gasteiger partial charge is 0.308 e. The number of fused-ring (bicyclic) bond motifs is 1. The molecule has 0 aliphatic carbocycles. The third-order valence-electron chi connectivity index (χ3n) is 3.59. The van der Waals surface area contributed by atoms with Crippen LogP contribution in [0.5, 0.6) is 0 Å². The van der Waals surface area contributed by atoms with Crippen LogP contribution in [0.4, 0.5) is 5.69 Å². The maximum absolute atomic E-state index is 12.5. The Hall–Kier alpha value is -2.80. The van der Waals surface area contributed by atoms with Gasteiger partial charge in [0.25, 0.3) is 5.69 Å². The van der Waals surface area contributed by atoms with Gasteiger partial charge in [-0.1, -0.05) is 11.3 Å². The minimum absolute atomic E-state index is 0.0533. The molecule has 0 amide bonds. The van der Waals surface area contributed by atoms with E-state index in [1.807, 2.05) is 6.92 Å². The minimum Gasteiger partial charge on any atom is -0.299 e. The number of non-ortho nitro benzene ring substituents is 1. The van der Waals surface area contributed by atoms with Crippen molar-refractivity contribution in [2.75, 3.05) is 0 Å². The van der Waals surface area contributed by atoms with Crippen LogP contribution in [-0.4, -0.2) is 15.3 Å². The van der Waals surface area contributed by atoms with Gasteiger partial charge in [-0.25, -0.2) is 0 Å². The lowest BCUT2D eigenvalue weighted by Gasteiger charge is -2.03. The number of aryl methyl sites for hydroxylation is 1. The number of nitrogens with zero attached hydrogens (tertiary/aromatic N) is 2. The van der Waals surface area contributed by atoms with Crippen LogP contribution in [0.2, 0.25) is 0 Å². The summed E-state index contributed by atoms with van der Waals surface area (Å²) in [4.78, 5) is 34.4. The summed E-state index contributed by atoms with van der Waals surface area (Å²) in [6.45, 7) is 2.47. The molecule has 3 rings (SSSR count). The van der Waals surface area contributed by atoms with Crippen molar-refractivity contribution < 1.29 is 9.72 Å². The molecule has 0 fully saturated rings. The van der Waals surface area contributed by atoms with E-state index in [0.717, 1.165) is 21.6 Å². The van der Waals surface area contributed by atoms with E-state index in [4.69, 9.17) is 0 Å². The monoisotopic (exact) mass is 328 g/mol. The fourth-order valence-corrected chi connectivity index (χ4v) is 3.40. The Bertz CT molecular complexity index is 970. The minimum atomic E-state index is -0.509. The first kappa shape index (κ1) is 15.1. The normalized spacial score (nSPS) is 10.8. The van der Waals surface area contributed by atoms with Gasteiger partial charge in [0.2, 0.25) is 0 Å². The number of ketones is 1. The van der Waals surface area contributed by atoms with Crippen LogP contribution in [-0.2, 0) is 6.54 Å². The zero-order chi connectivity index (χ0) is 16.6. The first-order valence-electron chi connectivity index (χ1n) is 6.94. The first-order valence-corrected chi connectivity index (χ1v) is 7.75. The van der Waals surface area contributed by atoms with Gasteiger partial charge in [-0.2, -0.15) is 0 Å². The van der Waals surface area contributed by atoms with Crippen molar-refractivity contribution in [1.29, 1.82) is 0 Å². The highest BCUT2D eigenvalue weighted by Crippen LogP contribution is 2.22. The third-order valence-corrected chi connectivity index (χ3v) is 4.53. The van der Waals surface area contributed by atoms with Gasteiger partial charge in [0.05, 0.1) is 15.1 Å². The van der Waals surface area contributed by atoms with E-state index < -0.39 is 4.92 Å². The predicted molar refractivity (Wildman–Crippen MR) is 88.3 cm³/mol. The summed E-state index contributed by atoms with van der Waals surface area (Å²) < 4.78 is 2.41. The van der Waals surface area contributed by atoms with Crippen LogP contribution >= 0.6 is 11.3 Å². The van der Waals surface area contributed by atoms with Crippen LogP contribution in [0, 0.1) is 10.1 Å². The lowest BCUT2D eigenvalue weighted by atomic mass is 10.0. The summed E-state index contributed by atoms with van der Waals surface area (Å²) in [6, 6.07) is 10.6. The van der Waals surface area contributed by atoms with Gasteiger partial charge in [0.15, 0.2) is 5.78 Å². The molecule has 1 aromatic heterocycles. The second-order valence-electron chi connectivity index (χ2n) is 4.93. The molecule has 116 valence electrons. The van der Waals surface area contributed by atoms with Crippen LogP contribution in [0.15, 0.2) is 47.3 Å². The van der Waals surface area contributed by atoms with Crippen molar-refractivity contribution in [1.82, 2.24) is 4.57 Å². The molecule has 2 aromatic carbocycles. The number of hydrogen-bond donors (Lipinski definition) is 0. The summed E-state index contributed by atoms with van der Waals surface area (Å²) in [7, 11) is 0. The molecule has 23 heavy (non-hydrogen) atoms. The van der Waals surface area contributed by atoms with Crippen molar-refractivity contribution in [2.45, 2.75) is 13.5 Å². The third kappa shape index (κ3) is 2.66. The highest BCUT2D eigenvalue weighted by Gasteiger charge is 2.14. The SMILES string of the molecule is CCn1c(=O)sc2cc(C(=O)c3ccc([N+](=O)[O-])cc3)ccc21. The number of nitro benzene ring substituents is 1. The standard InChI is InChI=1S/C16H12N2O4S/c1-2-17-13-8-5-11(9-14(13)23-16(17)20)15(19)10-3-6-12(7-4-10)18(21)22/h3-9H,2H2,1H3. The highest BCUT2D eigenvalue weighted by atomic mass is 32.1. The Labute approximate surface area is 134 Å². The Kier molecular flexibility index (Phi) is 3.79. The van der Waals surface area contributed by atoms with Crippen molar-refractivity contribution in [3.05, 3.63) is 73.4 Å². The van der Waals surface area contributed by atoms with Crippen LogP contribution in [0.1, 0.15) is 22.8 Å². The molecule has 0 aliphatic rings. The lowest BCUT2D eigenvalue weighted by molar-refractivity contribution is -0.384. The van der Waals surface area contributed by atoms with E-state index in [9.17, 15) is 19.7 Å². The first-order chi connectivity index (χ1) is 11.0. The average Bonchev–Trinajstić information content (AvgIpc) is 2.88. The lowest BCUT2D eigenvalue weighted by Crippen LogP contribution is -2.10. The summed E-state index contributed by atoms with van der Waals surface area (Å²) in [5, 5.41) is 10.7. The number of aromatic nitrogens is 1. The van der Waals surface area contributed by atoms with E-state index in [1.54, 1.807) is 22.8 Å². The maximum atomic E-state index is 12.5. The molecule has 0 atom stereocenters. The number of nitro groups is 1. The summed E-state index contributed by atoms with van der Waals surface area (Å²) in [6.07, 6.45) is 0. The molecule has 0 radical (unpaired) electrons. The molecule has 0 bridgehead atoms. The van der Waals surface area contributed by atoms with Crippen molar-refractivity contribution in [3.8, 4) is 0 Å². The zero-order valence-electron chi connectivity index (χ0n) is 12.2. The fraction of sp³-hybridized carbons (Fsp3) is 0.125. The van der Waals surface area contributed by atoms with Gasteiger partial charge in [0.1, 0.15) is 0 Å². The van der Waals surface area contributed by atoms with Crippen LogP contribution in [0.3, 0.4) is 0 Å². The number of hydrogen-bond acceptors (Lipinski definition) is 5. The molecule has 0 aliphatic heterocycles. The number of carbonyl (C=O) groups is 1. The topological polar surface area (TPSA) is 82.2 Å². The van der Waals surface area contributed by atoms with Crippen molar-refractivity contribution >= 4 is 33.0 Å². The van der Waals surface area contributed by atoms with Gasteiger partial charge in [0, 0.05) is 29.8 Å². The summed E-state index contributed by atoms with van der Waals surface area (Å²) in [5.41, 5.74) is 1.58. The van der Waals surface area contributed by atoms with Gasteiger partial charge < -0.3 is 0 Å². The molecule has 6 nitrogen and oxygen atoms in total. The molecule has 0 spiro atoms. The van der Waals surface area contributed by atoms with Gasteiger partial charge >= 0.3 is 4.87 Å². The second kappa shape index (κ2) is 5.77. The number of benzene rings is 2. The fourth-order valence-electron chi connectivity index (χ4n) is 2.41. The zero-order valence-corrected chi connectivity index (χ0v) is 13.0. The number of thiazole rings is 1. The number of rotatable bonds is 4. The van der Waals surface area contributed by atoms with Crippen molar-refractivity contribution in [2.24, 2.45) is 0 Å². The molecule has 0 saturated heterocycles. The maximum Gasteiger partial charge on any atom is 0.308 e. The quantitative estimate of drug-likeness (QED) is 0.418. The molecule has 7 heteroatoms. The summed E-state index contributed by atoms with van der Waals surface area (Å²) >= 11 is 1.10. The Morgan fingerprint density at radius 3 is 2.43 bits per heavy atom. The second-order valence-corrected chi connectivity index (χ2v) is 5.92. The van der Waals surface area contributed by atoms with E-state index in [2.05, 4.69) is 0 Å². The number of carbonyl (C=O) groups excluding carboxylic acids is 1. The average molecular weight is 328 g/mol. The van der Waals surface area contributed by atoms with Gasteiger partial charge in [-0.05, 0) is 37.3 Å². The summed E-state index contributed by atoms with van der Waals surface area (Å²) in [5.74, 6) is -0.231. The van der Waals surface area contributed by atoms with E-state index >= 15 is 0 Å². The molecule has 0 unspecified atom stereocenters. The van der Waals surface area contributed by atoms with Crippen LogP contribution < -0.4 is 4.87 Å². The Balaban J connectivity index is 2.00. The Morgan fingerprint density at radius 2 is 1.83 bits per heavy atom. The van der Waals surface area contributed by atoms with E-state index in [1.165, 1.54) is 24.3 Å². The smallest absolute Gasteiger partial charge is 0.299 e. The molecular formula is C16H12N2O4S. The van der Waals surface area contributed by atoms with Crippen molar-refractivity contribution in [3.63, 3.8) is 0 Å². The molecule has 3 aromatic rings. The molecule has 1 heterocycles. The molecule has 0 saturated carbocycles. The van der Waals surface area contributed by atoms with Crippen LogP contribution in [0.25, 0.3) is 10.2 Å². The Morgan fingerprint density at radius 1 is 1.17 bits per heavy atom. The predicted octanol–water partition coefficient (Wildman–Crippen LogP) is 3.22. The van der Waals surface area contributed by atoms with E-state index in [-0.39, 0.29) is 16.3 Å². The van der Waals surface area contributed by atoms with E-state index in [0.29, 0.717) is 17.7 Å². The molecular weight excluding hydrogens is 316 g/mol. The van der Waals surface area contributed by atoms with Gasteiger partial charge in [-0.15, -0.1) is 0 Å². The highest BCUT2D eigenvalue weighted by molar-refractivity contribution is 7.16. The van der Waals surface area contributed by atoms with Gasteiger partial charge in [-0.3, -0.25) is 24.3 Å².